The molecule has 1 aliphatic carbocycles. The Morgan fingerprint density at radius 3 is 2.88 bits per heavy atom. The van der Waals surface area contributed by atoms with Gasteiger partial charge in [-0.05, 0) is 53.4 Å². The van der Waals surface area contributed by atoms with Gasteiger partial charge in [0, 0.05) is 30.0 Å². The second kappa shape index (κ2) is 5.25. The monoisotopic (exact) mass is 284 g/mol. The van der Waals surface area contributed by atoms with Crippen LogP contribution >= 0.6 is 15.9 Å². The molecule has 0 aromatic carbocycles. The van der Waals surface area contributed by atoms with Crippen LogP contribution in [0.15, 0.2) is 22.9 Å². The van der Waals surface area contributed by atoms with Crippen LogP contribution in [-0.4, -0.2) is 34.7 Å². The van der Waals surface area contributed by atoms with E-state index in [-0.39, 0.29) is 6.10 Å². The Morgan fingerprint density at radius 2 is 2.25 bits per heavy atom. The van der Waals surface area contributed by atoms with Gasteiger partial charge >= 0.3 is 0 Å². The Bertz CT molecular complexity index is 353. The molecule has 0 amide bonds. The van der Waals surface area contributed by atoms with Gasteiger partial charge in [0.15, 0.2) is 0 Å². The molecule has 1 aromatic rings. The molecule has 2 rings (SSSR count). The zero-order chi connectivity index (χ0) is 11.5. The molecule has 0 bridgehead atoms. The molecule has 1 fully saturated rings. The van der Waals surface area contributed by atoms with E-state index >= 15 is 0 Å². The number of aromatic nitrogens is 1. The molecule has 0 atom stereocenters. The maximum Gasteiger partial charge on any atom is 0.0546 e. The van der Waals surface area contributed by atoms with E-state index in [4.69, 9.17) is 0 Å². The molecule has 1 saturated carbocycles. The van der Waals surface area contributed by atoms with Crippen LogP contribution in [0.25, 0.3) is 0 Å². The average molecular weight is 285 g/mol. The molecule has 4 heteroatoms. The normalized spacial score (nSPS) is 24.5. The van der Waals surface area contributed by atoms with Crippen molar-refractivity contribution in [2.75, 3.05) is 13.6 Å². The van der Waals surface area contributed by atoms with Crippen molar-refractivity contribution in [1.29, 1.82) is 0 Å². The van der Waals surface area contributed by atoms with E-state index in [0.717, 1.165) is 30.4 Å². The Balaban J connectivity index is 1.80. The van der Waals surface area contributed by atoms with E-state index in [2.05, 4.69) is 38.9 Å². The molecular formula is C12H17BrN2O. The third kappa shape index (κ3) is 3.27. The SMILES string of the molecule is CN(Cc1cncc(Br)c1)CC1CC(O)C1. The first kappa shape index (κ1) is 12.0. The fraction of sp³-hybridized carbons (Fsp3) is 0.583. The topological polar surface area (TPSA) is 36.4 Å². The highest BCUT2D eigenvalue weighted by Crippen LogP contribution is 2.27. The van der Waals surface area contributed by atoms with Crippen LogP contribution in [0.2, 0.25) is 0 Å². The zero-order valence-corrected chi connectivity index (χ0v) is 11.0. The summed E-state index contributed by atoms with van der Waals surface area (Å²) in [4.78, 5) is 6.44. The number of pyridine rings is 1. The summed E-state index contributed by atoms with van der Waals surface area (Å²) in [6.07, 6.45) is 5.57. The van der Waals surface area contributed by atoms with Gasteiger partial charge < -0.3 is 10.0 Å². The molecule has 0 unspecified atom stereocenters. The van der Waals surface area contributed by atoms with E-state index < -0.39 is 0 Å². The lowest BCUT2D eigenvalue weighted by molar-refractivity contribution is 0.0273. The van der Waals surface area contributed by atoms with Crippen molar-refractivity contribution >= 4 is 15.9 Å². The quantitative estimate of drug-likeness (QED) is 0.919. The number of hydrogen-bond acceptors (Lipinski definition) is 3. The van der Waals surface area contributed by atoms with Crippen LogP contribution in [0.5, 0.6) is 0 Å². The summed E-state index contributed by atoms with van der Waals surface area (Å²) in [5, 5.41) is 9.22. The lowest BCUT2D eigenvalue weighted by atomic mass is 9.82. The Kier molecular flexibility index (Phi) is 3.95. The van der Waals surface area contributed by atoms with E-state index in [9.17, 15) is 5.11 Å². The molecule has 88 valence electrons. The van der Waals surface area contributed by atoms with Crippen molar-refractivity contribution in [2.45, 2.75) is 25.5 Å². The van der Waals surface area contributed by atoms with Crippen molar-refractivity contribution < 1.29 is 5.11 Å². The predicted octanol–water partition coefficient (Wildman–Crippen LogP) is 2.05. The summed E-state index contributed by atoms with van der Waals surface area (Å²) in [6, 6.07) is 2.10. The van der Waals surface area contributed by atoms with Crippen LogP contribution in [0.1, 0.15) is 18.4 Å². The van der Waals surface area contributed by atoms with Gasteiger partial charge in [-0.15, -0.1) is 0 Å². The molecule has 1 heterocycles. The lowest BCUT2D eigenvalue weighted by Crippen LogP contribution is -2.36. The highest BCUT2D eigenvalue weighted by molar-refractivity contribution is 9.10. The molecule has 0 spiro atoms. The molecule has 16 heavy (non-hydrogen) atoms. The summed E-state index contributed by atoms with van der Waals surface area (Å²) in [5.41, 5.74) is 1.22. The first-order valence-electron chi connectivity index (χ1n) is 5.59. The minimum absolute atomic E-state index is 0.0501. The van der Waals surface area contributed by atoms with E-state index in [1.54, 1.807) is 6.20 Å². The molecular weight excluding hydrogens is 268 g/mol. The van der Waals surface area contributed by atoms with Crippen molar-refractivity contribution in [2.24, 2.45) is 5.92 Å². The molecule has 1 aromatic heterocycles. The molecule has 0 radical (unpaired) electrons. The maximum absolute atomic E-state index is 9.22. The molecule has 1 N–H and O–H groups in total. The summed E-state index contributed by atoms with van der Waals surface area (Å²) in [5.74, 6) is 0.667. The van der Waals surface area contributed by atoms with E-state index in [1.165, 1.54) is 5.56 Å². The van der Waals surface area contributed by atoms with Gasteiger partial charge in [0.2, 0.25) is 0 Å². The maximum atomic E-state index is 9.22. The van der Waals surface area contributed by atoms with Crippen LogP contribution in [0.3, 0.4) is 0 Å². The zero-order valence-electron chi connectivity index (χ0n) is 9.43. The Morgan fingerprint density at radius 1 is 1.50 bits per heavy atom. The smallest absolute Gasteiger partial charge is 0.0546 e. The molecule has 3 nitrogen and oxygen atoms in total. The van der Waals surface area contributed by atoms with Gasteiger partial charge in [0.1, 0.15) is 0 Å². The summed E-state index contributed by atoms with van der Waals surface area (Å²) >= 11 is 3.42. The third-order valence-corrected chi connectivity index (χ3v) is 3.43. The highest BCUT2D eigenvalue weighted by Gasteiger charge is 2.27. The standard InChI is InChI=1S/C12H17BrN2O/c1-15(7-9-3-12(16)4-9)8-10-2-11(13)6-14-5-10/h2,5-6,9,12,16H,3-4,7-8H2,1H3. The first-order valence-corrected chi connectivity index (χ1v) is 6.39. The van der Waals surface area contributed by atoms with Crippen LogP contribution < -0.4 is 0 Å². The minimum atomic E-state index is -0.0501. The predicted molar refractivity (Wildman–Crippen MR) is 67.0 cm³/mol. The first-order chi connectivity index (χ1) is 7.63. The van der Waals surface area contributed by atoms with Gasteiger partial charge in [-0.1, -0.05) is 0 Å². The average Bonchev–Trinajstić information content (AvgIpc) is 2.15. The van der Waals surface area contributed by atoms with Crippen molar-refractivity contribution in [3.63, 3.8) is 0 Å². The van der Waals surface area contributed by atoms with Gasteiger partial charge in [0.25, 0.3) is 0 Å². The fourth-order valence-corrected chi connectivity index (χ4v) is 2.62. The number of hydrogen-bond donors (Lipinski definition) is 1. The van der Waals surface area contributed by atoms with E-state index in [0.29, 0.717) is 5.92 Å². The van der Waals surface area contributed by atoms with Crippen molar-refractivity contribution in [1.82, 2.24) is 9.88 Å². The van der Waals surface area contributed by atoms with Crippen LogP contribution in [-0.2, 0) is 6.54 Å². The number of aliphatic hydroxyl groups is 1. The summed E-state index contributed by atoms with van der Waals surface area (Å²) in [7, 11) is 2.12. The largest absolute Gasteiger partial charge is 0.393 e. The van der Waals surface area contributed by atoms with Gasteiger partial charge in [-0.25, -0.2) is 0 Å². The fourth-order valence-electron chi connectivity index (χ4n) is 2.21. The summed E-state index contributed by atoms with van der Waals surface area (Å²) in [6.45, 7) is 1.97. The van der Waals surface area contributed by atoms with Gasteiger partial charge in [0.05, 0.1) is 6.10 Å². The van der Waals surface area contributed by atoms with E-state index in [1.807, 2.05) is 6.20 Å². The minimum Gasteiger partial charge on any atom is -0.393 e. The number of halogens is 1. The van der Waals surface area contributed by atoms with Crippen LogP contribution in [0.4, 0.5) is 0 Å². The number of rotatable bonds is 4. The second-order valence-corrected chi connectivity index (χ2v) is 5.62. The highest BCUT2D eigenvalue weighted by atomic mass is 79.9. The molecule has 0 aliphatic heterocycles. The lowest BCUT2D eigenvalue weighted by Gasteiger charge is -2.34. The number of aliphatic hydroxyl groups excluding tert-OH is 1. The number of nitrogens with zero attached hydrogens (tertiary/aromatic N) is 2. The van der Waals surface area contributed by atoms with Gasteiger partial charge in [-0.2, -0.15) is 0 Å². The van der Waals surface area contributed by atoms with Crippen LogP contribution in [0, 0.1) is 5.92 Å². The summed E-state index contributed by atoms with van der Waals surface area (Å²) < 4.78 is 1.03. The van der Waals surface area contributed by atoms with Crippen molar-refractivity contribution in [3.05, 3.63) is 28.5 Å². The second-order valence-electron chi connectivity index (χ2n) is 4.70. The molecule has 0 saturated heterocycles. The third-order valence-electron chi connectivity index (χ3n) is 2.99. The van der Waals surface area contributed by atoms with Gasteiger partial charge in [-0.3, -0.25) is 4.98 Å². The van der Waals surface area contributed by atoms with Crippen molar-refractivity contribution in [3.8, 4) is 0 Å². The Hall–Kier alpha value is -0.450. The molecule has 1 aliphatic rings. The Labute approximate surface area is 105 Å².